The quantitative estimate of drug-likeness (QED) is 0.739. The van der Waals surface area contributed by atoms with Crippen LogP contribution in [-0.4, -0.2) is 72.1 Å². The molecule has 0 bridgehead atoms. The van der Waals surface area contributed by atoms with Crippen LogP contribution < -0.4 is 5.32 Å². The van der Waals surface area contributed by atoms with E-state index in [-0.39, 0.29) is 18.5 Å². The van der Waals surface area contributed by atoms with Crippen LogP contribution in [0, 0.1) is 0 Å². The minimum absolute atomic E-state index is 0.0280. The predicted molar refractivity (Wildman–Crippen MR) is 70.9 cm³/mol. The van der Waals surface area contributed by atoms with Crippen LogP contribution >= 0.6 is 0 Å². The third-order valence-corrected chi connectivity index (χ3v) is 3.87. The number of nitrogens with zero attached hydrogens (tertiary/aromatic N) is 2. The van der Waals surface area contributed by atoms with Crippen molar-refractivity contribution in [3.05, 3.63) is 0 Å². The van der Waals surface area contributed by atoms with E-state index in [1.54, 1.807) is 0 Å². The van der Waals surface area contributed by atoms with Gasteiger partial charge in [-0.25, -0.2) is 0 Å². The molecule has 0 aromatic rings. The summed E-state index contributed by atoms with van der Waals surface area (Å²) in [6.07, 6.45) is 4.04. The van der Waals surface area contributed by atoms with Crippen LogP contribution in [0.5, 0.6) is 0 Å². The first kappa shape index (κ1) is 14.3. The van der Waals surface area contributed by atoms with Crippen LogP contribution in [-0.2, 0) is 9.59 Å². The number of carbonyl (C=O) groups is 2. The Bertz CT molecular complexity index is 329. The van der Waals surface area contributed by atoms with E-state index >= 15 is 0 Å². The summed E-state index contributed by atoms with van der Waals surface area (Å²) >= 11 is 0. The van der Waals surface area contributed by atoms with Crippen LogP contribution in [0.1, 0.15) is 25.7 Å². The summed E-state index contributed by atoms with van der Waals surface area (Å²) in [6, 6.07) is -0.0280. The Morgan fingerprint density at radius 2 is 1.95 bits per heavy atom. The fourth-order valence-corrected chi connectivity index (χ4v) is 2.82. The number of carboxylic acid groups (broad SMARTS) is 1. The molecule has 108 valence electrons. The van der Waals surface area contributed by atoms with Gasteiger partial charge in [0.25, 0.3) is 0 Å². The lowest BCUT2D eigenvalue weighted by Crippen LogP contribution is -2.49. The topological polar surface area (TPSA) is 72.9 Å². The molecule has 2 N–H and O–H groups in total. The number of carboxylic acids is 1. The molecular formula is C13H23N3O3. The highest BCUT2D eigenvalue weighted by Crippen LogP contribution is 2.12. The zero-order valence-electron chi connectivity index (χ0n) is 11.3. The normalized spacial score (nSPS) is 25.9. The number of hydrogen-bond acceptors (Lipinski definition) is 4. The zero-order valence-corrected chi connectivity index (χ0v) is 11.3. The molecule has 2 saturated heterocycles. The summed E-state index contributed by atoms with van der Waals surface area (Å²) in [7, 11) is 0. The molecule has 2 aliphatic rings. The van der Waals surface area contributed by atoms with Gasteiger partial charge >= 0.3 is 5.97 Å². The van der Waals surface area contributed by atoms with Gasteiger partial charge in [0.05, 0.1) is 12.6 Å². The minimum Gasteiger partial charge on any atom is -0.480 e. The van der Waals surface area contributed by atoms with E-state index in [1.807, 2.05) is 9.80 Å². The van der Waals surface area contributed by atoms with Crippen molar-refractivity contribution in [1.29, 1.82) is 0 Å². The van der Waals surface area contributed by atoms with E-state index in [0.717, 1.165) is 45.3 Å². The summed E-state index contributed by atoms with van der Waals surface area (Å²) in [6.45, 7) is 3.80. The first-order chi connectivity index (χ1) is 9.16. The molecule has 6 heteroatoms. The van der Waals surface area contributed by atoms with E-state index in [9.17, 15) is 9.59 Å². The van der Waals surface area contributed by atoms with E-state index in [4.69, 9.17) is 5.11 Å². The number of carbonyl (C=O) groups excluding carboxylic acids is 1. The molecular weight excluding hydrogens is 246 g/mol. The number of amides is 1. The van der Waals surface area contributed by atoms with Crippen LogP contribution in [0.25, 0.3) is 0 Å². The SMILES string of the molecule is O=C(O)CN1CCCN(C(=O)[C@@H]2CCCCN2)CC1. The van der Waals surface area contributed by atoms with Crippen molar-refractivity contribution in [2.24, 2.45) is 0 Å². The molecule has 2 heterocycles. The predicted octanol–water partition coefficient (Wildman–Crippen LogP) is -0.253. The largest absolute Gasteiger partial charge is 0.480 e. The molecule has 19 heavy (non-hydrogen) atoms. The number of piperidine rings is 1. The van der Waals surface area contributed by atoms with Gasteiger partial charge < -0.3 is 15.3 Å². The van der Waals surface area contributed by atoms with Gasteiger partial charge in [-0.15, -0.1) is 0 Å². The molecule has 1 amide bonds. The lowest BCUT2D eigenvalue weighted by molar-refractivity contribution is -0.138. The number of rotatable bonds is 3. The van der Waals surface area contributed by atoms with Crippen molar-refractivity contribution >= 4 is 11.9 Å². The molecule has 2 fully saturated rings. The smallest absolute Gasteiger partial charge is 0.317 e. The first-order valence-corrected chi connectivity index (χ1v) is 7.13. The molecule has 1 atom stereocenters. The van der Waals surface area contributed by atoms with Crippen molar-refractivity contribution < 1.29 is 14.7 Å². The number of nitrogens with one attached hydrogen (secondary N) is 1. The zero-order chi connectivity index (χ0) is 13.7. The number of aliphatic carboxylic acids is 1. The molecule has 6 nitrogen and oxygen atoms in total. The van der Waals surface area contributed by atoms with Crippen molar-refractivity contribution in [2.75, 3.05) is 39.3 Å². The monoisotopic (exact) mass is 269 g/mol. The second kappa shape index (κ2) is 6.86. The summed E-state index contributed by atoms with van der Waals surface area (Å²) in [5.74, 6) is -0.606. The van der Waals surface area contributed by atoms with Crippen LogP contribution in [0.4, 0.5) is 0 Å². The highest BCUT2D eigenvalue weighted by atomic mass is 16.4. The molecule has 0 radical (unpaired) electrons. The van der Waals surface area contributed by atoms with Gasteiger partial charge in [-0.3, -0.25) is 14.5 Å². The van der Waals surface area contributed by atoms with Crippen molar-refractivity contribution in [2.45, 2.75) is 31.7 Å². The lowest BCUT2D eigenvalue weighted by atomic mass is 10.0. The average molecular weight is 269 g/mol. The van der Waals surface area contributed by atoms with Gasteiger partial charge in [0.15, 0.2) is 0 Å². The summed E-state index contributed by atoms with van der Waals surface area (Å²) in [5.41, 5.74) is 0. The molecule has 0 aliphatic carbocycles. The Labute approximate surface area is 113 Å². The third-order valence-electron chi connectivity index (χ3n) is 3.87. The van der Waals surface area contributed by atoms with Crippen molar-refractivity contribution in [1.82, 2.24) is 15.1 Å². The van der Waals surface area contributed by atoms with Gasteiger partial charge in [-0.05, 0) is 25.8 Å². The van der Waals surface area contributed by atoms with Crippen LogP contribution in [0.3, 0.4) is 0 Å². The second-order valence-corrected chi connectivity index (χ2v) is 5.35. The maximum atomic E-state index is 12.4. The van der Waals surface area contributed by atoms with Crippen molar-refractivity contribution in [3.8, 4) is 0 Å². The number of hydrogen-bond donors (Lipinski definition) is 2. The first-order valence-electron chi connectivity index (χ1n) is 7.13. The van der Waals surface area contributed by atoms with Gasteiger partial charge in [-0.1, -0.05) is 6.42 Å². The maximum Gasteiger partial charge on any atom is 0.317 e. The summed E-state index contributed by atoms with van der Waals surface area (Å²) in [5, 5.41) is 12.1. The Kier molecular flexibility index (Phi) is 5.15. The summed E-state index contributed by atoms with van der Waals surface area (Å²) in [4.78, 5) is 26.9. The lowest BCUT2D eigenvalue weighted by Gasteiger charge is -2.29. The Balaban J connectivity index is 1.84. The van der Waals surface area contributed by atoms with Crippen molar-refractivity contribution in [3.63, 3.8) is 0 Å². The van der Waals surface area contributed by atoms with Gasteiger partial charge in [0.2, 0.25) is 5.91 Å². The average Bonchev–Trinajstić information content (AvgIpc) is 2.64. The highest BCUT2D eigenvalue weighted by Gasteiger charge is 2.27. The summed E-state index contributed by atoms with van der Waals surface area (Å²) < 4.78 is 0. The van der Waals surface area contributed by atoms with Gasteiger partial charge in [0, 0.05) is 26.2 Å². The maximum absolute atomic E-state index is 12.4. The minimum atomic E-state index is -0.797. The second-order valence-electron chi connectivity index (χ2n) is 5.35. The Hall–Kier alpha value is -1.14. The molecule has 0 aromatic heterocycles. The molecule has 0 saturated carbocycles. The fourth-order valence-electron chi connectivity index (χ4n) is 2.82. The molecule has 2 rings (SSSR count). The van der Waals surface area contributed by atoms with Crippen LogP contribution in [0.2, 0.25) is 0 Å². The standard InChI is InChI=1S/C13H23N3O3/c17-12(18)10-15-6-3-7-16(9-8-15)13(19)11-4-1-2-5-14-11/h11,14H,1-10H2,(H,17,18)/t11-/m0/s1. The van der Waals surface area contributed by atoms with E-state index in [1.165, 1.54) is 0 Å². The Morgan fingerprint density at radius 1 is 1.11 bits per heavy atom. The van der Waals surface area contributed by atoms with E-state index < -0.39 is 5.97 Å². The molecule has 0 unspecified atom stereocenters. The molecule has 0 spiro atoms. The fraction of sp³-hybridized carbons (Fsp3) is 0.846. The van der Waals surface area contributed by atoms with E-state index in [0.29, 0.717) is 13.1 Å². The highest BCUT2D eigenvalue weighted by molar-refractivity contribution is 5.82. The van der Waals surface area contributed by atoms with Gasteiger partial charge in [-0.2, -0.15) is 0 Å². The van der Waals surface area contributed by atoms with E-state index in [2.05, 4.69) is 5.32 Å². The van der Waals surface area contributed by atoms with Gasteiger partial charge in [0.1, 0.15) is 0 Å². The Morgan fingerprint density at radius 3 is 2.63 bits per heavy atom. The molecule has 0 aromatic carbocycles. The third kappa shape index (κ3) is 4.18. The molecule has 2 aliphatic heterocycles. The van der Waals surface area contributed by atoms with Crippen LogP contribution in [0.15, 0.2) is 0 Å².